The molecule has 0 rings (SSSR count). The minimum atomic E-state index is -0.863. The fourth-order valence-corrected chi connectivity index (χ4v) is 2.66. The van der Waals surface area contributed by atoms with Crippen molar-refractivity contribution in [2.24, 2.45) is 5.41 Å². The van der Waals surface area contributed by atoms with Crippen LogP contribution in [0.25, 0.3) is 0 Å². The van der Waals surface area contributed by atoms with Gasteiger partial charge in [-0.2, -0.15) is 0 Å². The summed E-state index contributed by atoms with van der Waals surface area (Å²) in [5, 5.41) is 9.62. The Morgan fingerprint density at radius 3 is 2.00 bits per heavy atom. The van der Waals surface area contributed by atoms with Crippen molar-refractivity contribution >= 4 is 5.97 Å². The van der Waals surface area contributed by atoms with Crippen molar-refractivity contribution in [3.05, 3.63) is 0 Å². The van der Waals surface area contributed by atoms with Gasteiger partial charge in [0.05, 0.1) is 11.0 Å². The van der Waals surface area contributed by atoms with Crippen molar-refractivity contribution in [1.82, 2.24) is 0 Å². The lowest BCUT2D eigenvalue weighted by Gasteiger charge is -2.36. The van der Waals surface area contributed by atoms with E-state index >= 15 is 0 Å². The van der Waals surface area contributed by atoms with Crippen LogP contribution in [0.5, 0.6) is 0 Å². The van der Waals surface area contributed by atoms with Crippen LogP contribution in [-0.4, -0.2) is 22.8 Å². The molecule has 0 aliphatic rings. The molecular weight excluding hydrogens is 256 g/mol. The summed E-state index contributed by atoms with van der Waals surface area (Å²) in [5.74, 6) is -0.794. The van der Waals surface area contributed by atoms with Crippen LogP contribution in [0.3, 0.4) is 0 Å². The number of hydrogen-bond donors (Lipinski definition) is 1. The van der Waals surface area contributed by atoms with Crippen molar-refractivity contribution in [1.29, 1.82) is 0 Å². The van der Waals surface area contributed by atoms with E-state index < -0.39 is 17.5 Å². The van der Waals surface area contributed by atoms with Gasteiger partial charge in [0.25, 0.3) is 0 Å². The zero-order chi connectivity index (χ0) is 15.8. The lowest BCUT2D eigenvalue weighted by Crippen LogP contribution is -2.44. The molecule has 1 atom stereocenters. The van der Waals surface area contributed by atoms with E-state index in [0.717, 1.165) is 19.3 Å². The van der Waals surface area contributed by atoms with Crippen LogP contribution in [0.1, 0.15) is 80.1 Å². The van der Waals surface area contributed by atoms with Gasteiger partial charge in [-0.1, -0.05) is 40.5 Å². The third kappa shape index (κ3) is 5.06. The molecule has 1 unspecified atom stereocenters. The monoisotopic (exact) mass is 288 g/mol. The second-order valence-corrected chi connectivity index (χ2v) is 6.13. The average molecular weight is 288 g/mol. The summed E-state index contributed by atoms with van der Waals surface area (Å²) >= 11 is 0. The van der Waals surface area contributed by atoms with Gasteiger partial charge in [0.1, 0.15) is 6.10 Å². The number of rotatable bonds is 11. The third-order valence-electron chi connectivity index (χ3n) is 4.10. The van der Waals surface area contributed by atoms with Gasteiger partial charge in [0.2, 0.25) is 0 Å². The number of carboxylic acid groups (broad SMARTS) is 1. The predicted molar refractivity (Wildman–Crippen MR) is 80.5 cm³/mol. The number of aliphatic carboxylic acids is 1. The first-order chi connectivity index (χ1) is 9.29. The molecule has 4 nitrogen and oxygen atoms in total. The molecule has 0 aromatic heterocycles. The Balaban J connectivity index is 4.98. The molecule has 0 fully saturated rings. The number of carboxylic acids is 1. The molecule has 0 saturated heterocycles. The molecule has 0 aromatic rings. The molecule has 120 valence electrons. The third-order valence-corrected chi connectivity index (χ3v) is 4.10. The first kappa shape index (κ1) is 19.4. The van der Waals surface area contributed by atoms with Crippen LogP contribution < -0.4 is 0 Å². The first-order valence-electron chi connectivity index (χ1n) is 7.87. The fourth-order valence-electron chi connectivity index (χ4n) is 2.66. The van der Waals surface area contributed by atoms with Gasteiger partial charge in [-0.15, -0.1) is 0 Å². The van der Waals surface area contributed by atoms with E-state index in [2.05, 4.69) is 6.92 Å². The predicted octanol–water partition coefficient (Wildman–Crippen LogP) is 4.57. The summed E-state index contributed by atoms with van der Waals surface area (Å²) in [5.41, 5.74) is -1.25. The largest absolute Gasteiger partial charge is 0.481 e. The average Bonchev–Trinajstić information content (AvgIpc) is 2.37. The molecule has 0 heterocycles. The van der Waals surface area contributed by atoms with E-state index in [9.17, 15) is 9.90 Å². The Morgan fingerprint density at radius 2 is 1.65 bits per heavy atom. The Morgan fingerprint density at radius 1 is 1.10 bits per heavy atom. The summed E-state index contributed by atoms with van der Waals surface area (Å²) in [4.78, 5) is 22.9. The molecule has 4 heteroatoms. The molecule has 0 aliphatic heterocycles. The highest BCUT2D eigenvalue weighted by molar-refractivity contribution is 5.75. The maximum atomic E-state index is 11.7. The smallest absolute Gasteiger partial charge is 0.312 e. The van der Waals surface area contributed by atoms with Gasteiger partial charge in [-0.05, 0) is 39.5 Å². The van der Waals surface area contributed by atoms with Crippen molar-refractivity contribution < 1.29 is 19.7 Å². The molecule has 20 heavy (non-hydrogen) atoms. The maximum Gasteiger partial charge on any atom is 0.312 e. The highest BCUT2D eigenvalue weighted by Gasteiger charge is 2.44. The van der Waals surface area contributed by atoms with Crippen molar-refractivity contribution in [3.63, 3.8) is 0 Å². The van der Waals surface area contributed by atoms with Crippen LogP contribution in [0, 0.1) is 5.41 Å². The van der Waals surface area contributed by atoms with Crippen LogP contribution in [0.15, 0.2) is 0 Å². The van der Waals surface area contributed by atoms with E-state index in [1.165, 1.54) is 0 Å². The molecule has 0 aliphatic carbocycles. The lowest BCUT2D eigenvalue weighted by atomic mass is 9.75. The molecule has 0 spiro atoms. The summed E-state index contributed by atoms with van der Waals surface area (Å²) in [6.45, 7) is 11.9. The minimum Gasteiger partial charge on any atom is -0.481 e. The first-order valence-corrected chi connectivity index (χ1v) is 7.87. The normalized spacial score (nSPS) is 14.3. The highest BCUT2D eigenvalue weighted by atomic mass is 17.2. The molecule has 1 N–H and O–H groups in total. The molecule has 0 bridgehead atoms. The fraction of sp³-hybridized carbons (Fsp3) is 0.938. The summed E-state index contributed by atoms with van der Waals surface area (Å²) in [7, 11) is 0. The van der Waals surface area contributed by atoms with Crippen LogP contribution >= 0.6 is 0 Å². The van der Waals surface area contributed by atoms with Gasteiger partial charge in [-0.25, -0.2) is 9.78 Å². The van der Waals surface area contributed by atoms with Gasteiger partial charge in [-0.3, -0.25) is 4.79 Å². The minimum absolute atomic E-state index is 0.382. The van der Waals surface area contributed by atoms with E-state index in [1.807, 2.05) is 34.6 Å². The summed E-state index contributed by atoms with van der Waals surface area (Å²) in [6.07, 6.45) is 4.12. The zero-order valence-corrected chi connectivity index (χ0v) is 14.0. The molecule has 0 radical (unpaired) electrons. The second-order valence-electron chi connectivity index (χ2n) is 6.13. The zero-order valence-electron chi connectivity index (χ0n) is 14.0. The van der Waals surface area contributed by atoms with Crippen molar-refractivity contribution in [2.45, 2.75) is 91.8 Å². The van der Waals surface area contributed by atoms with E-state index in [4.69, 9.17) is 9.78 Å². The van der Waals surface area contributed by atoms with Gasteiger partial charge >= 0.3 is 5.97 Å². The van der Waals surface area contributed by atoms with Gasteiger partial charge in [0.15, 0.2) is 0 Å². The van der Waals surface area contributed by atoms with Crippen LogP contribution in [0.4, 0.5) is 0 Å². The summed E-state index contributed by atoms with van der Waals surface area (Å²) in [6, 6.07) is 0. The van der Waals surface area contributed by atoms with E-state index in [1.54, 1.807) is 0 Å². The number of carbonyl (C=O) groups is 1. The van der Waals surface area contributed by atoms with E-state index in [-0.39, 0.29) is 5.60 Å². The summed E-state index contributed by atoms with van der Waals surface area (Å²) < 4.78 is 0. The van der Waals surface area contributed by atoms with Crippen LogP contribution in [-0.2, 0) is 14.6 Å². The van der Waals surface area contributed by atoms with Gasteiger partial charge < -0.3 is 5.11 Å². The van der Waals surface area contributed by atoms with E-state index in [0.29, 0.717) is 19.3 Å². The Bertz CT molecular complexity index is 282. The quantitative estimate of drug-likeness (QED) is 0.447. The number of hydrogen-bond acceptors (Lipinski definition) is 3. The second kappa shape index (κ2) is 8.63. The maximum absolute atomic E-state index is 11.7. The Kier molecular flexibility index (Phi) is 8.36. The molecule has 0 aromatic carbocycles. The van der Waals surface area contributed by atoms with Crippen LogP contribution in [0.2, 0.25) is 0 Å². The topological polar surface area (TPSA) is 55.8 Å². The Hall–Kier alpha value is -0.610. The SMILES string of the molecule is CCCC(OOC(C)(C)CCC)C(CC)(CC)C(=O)O. The van der Waals surface area contributed by atoms with Gasteiger partial charge in [0, 0.05) is 0 Å². The molecule has 0 amide bonds. The standard InChI is InChI=1S/C16H32O4/c1-7-11-13(16(9-3,10-4)14(17)18)19-20-15(5,6)12-8-2/h13H,7-12H2,1-6H3,(H,17,18). The lowest BCUT2D eigenvalue weighted by molar-refractivity contribution is -0.392. The Labute approximate surface area is 123 Å². The molecule has 0 saturated carbocycles. The van der Waals surface area contributed by atoms with Crippen molar-refractivity contribution in [2.75, 3.05) is 0 Å². The molecular formula is C16H32O4. The van der Waals surface area contributed by atoms with Crippen molar-refractivity contribution in [3.8, 4) is 0 Å². The highest BCUT2D eigenvalue weighted by Crippen LogP contribution is 2.36.